The Bertz CT molecular complexity index is 1130. The van der Waals surface area contributed by atoms with Crippen LogP contribution in [0.15, 0.2) is 54.1 Å². The minimum atomic E-state index is -0.209. The molecule has 0 radical (unpaired) electrons. The first-order valence-corrected chi connectivity index (χ1v) is 9.17. The molecule has 29 heavy (non-hydrogen) atoms. The van der Waals surface area contributed by atoms with Crippen LogP contribution in [0.3, 0.4) is 0 Å². The molecule has 0 unspecified atom stereocenters. The molecule has 0 bridgehead atoms. The number of hydrogen-bond acceptors (Lipinski definition) is 6. The molecule has 3 N–H and O–H groups in total. The molecule has 7 nitrogen and oxygen atoms in total. The average Bonchev–Trinajstić information content (AvgIpc) is 2.69. The molecule has 2 heterocycles. The van der Waals surface area contributed by atoms with E-state index in [1.807, 2.05) is 39.0 Å². The molecule has 3 rings (SSSR count). The molecule has 1 aromatic carbocycles. The normalized spacial score (nSPS) is 10.4. The lowest BCUT2D eigenvalue weighted by atomic mass is 10.0. The molecule has 0 aliphatic carbocycles. The van der Waals surface area contributed by atoms with Gasteiger partial charge >= 0.3 is 0 Å². The van der Waals surface area contributed by atoms with Gasteiger partial charge in [-0.25, -0.2) is 4.98 Å². The zero-order chi connectivity index (χ0) is 21.0. The summed E-state index contributed by atoms with van der Waals surface area (Å²) in [4.78, 5) is 34.9. The van der Waals surface area contributed by atoms with Gasteiger partial charge in [-0.3, -0.25) is 9.59 Å². The summed E-state index contributed by atoms with van der Waals surface area (Å²) in [5, 5.41) is 6.39. The predicted molar refractivity (Wildman–Crippen MR) is 115 cm³/mol. The summed E-state index contributed by atoms with van der Waals surface area (Å²) in [6.07, 6.45) is 4.92. The highest BCUT2D eigenvalue weighted by Gasteiger charge is 2.11. The summed E-state index contributed by atoms with van der Waals surface area (Å²) in [5.41, 5.74) is 4.87. The molecule has 0 aliphatic rings. The Balaban J connectivity index is 1.91. The van der Waals surface area contributed by atoms with E-state index in [0.29, 0.717) is 17.5 Å². The molecule has 2 aromatic heterocycles. The van der Waals surface area contributed by atoms with Gasteiger partial charge < -0.3 is 15.6 Å². The van der Waals surface area contributed by atoms with E-state index >= 15 is 0 Å². The molecule has 3 aromatic rings. The SMILES string of the molecule is C=CC(=O)Cc1cc(C)ccc1Nc1nc(Nc2cc(=O)[nH]cc2C)ncc1C. The van der Waals surface area contributed by atoms with E-state index in [0.717, 1.165) is 27.9 Å². The Hall–Kier alpha value is -3.74. The quantitative estimate of drug-likeness (QED) is 0.531. The number of benzene rings is 1. The third-order valence-electron chi connectivity index (χ3n) is 4.46. The second-order valence-electron chi connectivity index (χ2n) is 6.88. The van der Waals surface area contributed by atoms with Crippen LogP contribution in [0.5, 0.6) is 0 Å². The van der Waals surface area contributed by atoms with Crippen molar-refractivity contribution in [2.45, 2.75) is 27.2 Å². The Morgan fingerprint density at radius 1 is 1.14 bits per heavy atom. The third-order valence-corrected chi connectivity index (χ3v) is 4.46. The minimum Gasteiger partial charge on any atom is -0.340 e. The van der Waals surface area contributed by atoms with Gasteiger partial charge in [0, 0.05) is 36.1 Å². The van der Waals surface area contributed by atoms with E-state index in [1.54, 1.807) is 12.4 Å². The molecule has 0 saturated carbocycles. The first kappa shape index (κ1) is 20.0. The van der Waals surface area contributed by atoms with Gasteiger partial charge in [-0.05, 0) is 44.0 Å². The Kier molecular flexibility index (Phi) is 5.87. The molecule has 0 atom stereocenters. The Labute approximate surface area is 168 Å². The number of aromatic nitrogens is 3. The number of allylic oxidation sites excluding steroid dienone is 1. The number of H-pyrrole nitrogens is 1. The van der Waals surface area contributed by atoms with Crippen LogP contribution in [0.4, 0.5) is 23.1 Å². The number of rotatable bonds is 7. The summed E-state index contributed by atoms with van der Waals surface area (Å²) in [6, 6.07) is 7.33. The van der Waals surface area contributed by atoms with Gasteiger partial charge in [0.1, 0.15) is 5.82 Å². The minimum absolute atomic E-state index is 0.0508. The maximum Gasteiger partial charge on any atom is 0.250 e. The van der Waals surface area contributed by atoms with E-state index in [2.05, 4.69) is 32.2 Å². The lowest BCUT2D eigenvalue weighted by molar-refractivity contribution is -0.114. The van der Waals surface area contributed by atoms with E-state index in [1.165, 1.54) is 12.1 Å². The topological polar surface area (TPSA) is 99.8 Å². The van der Waals surface area contributed by atoms with Crippen LogP contribution in [0.25, 0.3) is 0 Å². The fourth-order valence-electron chi connectivity index (χ4n) is 2.81. The molecule has 7 heteroatoms. The smallest absolute Gasteiger partial charge is 0.250 e. The Morgan fingerprint density at radius 3 is 2.69 bits per heavy atom. The zero-order valence-corrected chi connectivity index (χ0v) is 16.7. The van der Waals surface area contributed by atoms with Gasteiger partial charge in [-0.2, -0.15) is 4.98 Å². The van der Waals surface area contributed by atoms with E-state index < -0.39 is 0 Å². The molecule has 0 aliphatic heterocycles. The van der Waals surface area contributed by atoms with Crippen molar-refractivity contribution in [2.24, 2.45) is 0 Å². The van der Waals surface area contributed by atoms with Crippen molar-refractivity contribution in [3.8, 4) is 0 Å². The third kappa shape index (κ3) is 4.95. The highest BCUT2D eigenvalue weighted by Crippen LogP contribution is 2.25. The zero-order valence-electron chi connectivity index (χ0n) is 16.7. The number of aryl methyl sites for hydroxylation is 3. The van der Waals surface area contributed by atoms with Crippen LogP contribution in [-0.2, 0) is 11.2 Å². The summed E-state index contributed by atoms with van der Waals surface area (Å²) in [6.45, 7) is 9.30. The number of pyridine rings is 1. The van der Waals surface area contributed by atoms with E-state index in [-0.39, 0.29) is 17.8 Å². The van der Waals surface area contributed by atoms with Crippen molar-refractivity contribution in [1.82, 2.24) is 15.0 Å². The number of nitrogens with zero attached hydrogens (tertiary/aromatic N) is 2. The molecule has 148 valence electrons. The van der Waals surface area contributed by atoms with Gasteiger partial charge in [0.05, 0.1) is 5.69 Å². The van der Waals surface area contributed by atoms with Gasteiger partial charge in [0.15, 0.2) is 5.78 Å². The largest absolute Gasteiger partial charge is 0.340 e. The monoisotopic (exact) mass is 389 g/mol. The highest BCUT2D eigenvalue weighted by atomic mass is 16.1. The van der Waals surface area contributed by atoms with Crippen LogP contribution in [0.2, 0.25) is 0 Å². The van der Waals surface area contributed by atoms with Gasteiger partial charge in [0.25, 0.3) is 0 Å². The standard InChI is InChI=1S/C22H23N5O2/c1-5-17(28)9-16-8-13(2)6-7-18(16)25-21-15(4)12-24-22(27-21)26-19-10-20(29)23-11-14(19)3/h5-8,10-12H,1,9H2,2-4H3,(H3,23,24,25,26,27,29). The average molecular weight is 389 g/mol. The van der Waals surface area contributed by atoms with Gasteiger partial charge in [-0.1, -0.05) is 24.3 Å². The lowest BCUT2D eigenvalue weighted by Crippen LogP contribution is -2.09. The summed E-state index contributed by atoms with van der Waals surface area (Å²) >= 11 is 0. The van der Waals surface area contributed by atoms with Gasteiger partial charge in [0.2, 0.25) is 11.5 Å². The number of anilines is 4. The predicted octanol–water partition coefficient (Wildman–Crippen LogP) is 3.87. The maximum atomic E-state index is 11.9. The van der Waals surface area contributed by atoms with Crippen LogP contribution in [0.1, 0.15) is 22.3 Å². The molecular formula is C22H23N5O2. The van der Waals surface area contributed by atoms with Crippen LogP contribution >= 0.6 is 0 Å². The number of hydrogen-bond donors (Lipinski definition) is 3. The number of nitrogens with one attached hydrogen (secondary N) is 3. The fourth-order valence-corrected chi connectivity index (χ4v) is 2.81. The number of aromatic amines is 1. The second kappa shape index (κ2) is 8.52. The maximum absolute atomic E-state index is 11.9. The fraction of sp³-hybridized carbons (Fsp3) is 0.182. The molecular weight excluding hydrogens is 366 g/mol. The number of ketones is 1. The van der Waals surface area contributed by atoms with E-state index in [9.17, 15) is 9.59 Å². The number of carbonyl (C=O) groups is 1. The first-order valence-electron chi connectivity index (χ1n) is 9.17. The van der Waals surface area contributed by atoms with Gasteiger partial charge in [-0.15, -0.1) is 0 Å². The molecule has 0 amide bonds. The van der Waals surface area contributed by atoms with Crippen molar-refractivity contribution in [1.29, 1.82) is 0 Å². The number of carbonyl (C=O) groups excluding carboxylic acids is 1. The van der Waals surface area contributed by atoms with Crippen molar-refractivity contribution in [3.63, 3.8) is 0 Å². The molecule has 0 spiro atoms. The lowest BCUT2D eigenvalue weighted by Gasteiger charge is -2.15. The summed E-state index contributed by atoms with van der Waals surface area (Å²) in [7, 11) is 0. The van der Waals surface area contributed by atoms with Crippen LogP contribution in [-0.4, -0.2) is 20.7 Å². The molecule has 0 fully saturated rings. The van der Waals surface area contributed by atoms with E-state index in [4.69, 9.17) is 0 Å². The molecule has 0 saturated heterocycles. The van der Waals surface area contributed by atoms with Crippen molar-refractivity contribution < 1.29 is 4.79 Å². The summed E-state index contributed by atoms with van der Waals surface area (Å²) in [5.74, 6) is 0.925. The first-order chi connectivity index (χ1) is 13.9. The van der Waals surface area contributed by atoms with Crippen LogP contribution in [0, 0.1) is 20.8 Å². The highest BCUT2D eigenvalue weighted by molar-refractivity contribution is 5.92. The second-order valence-corrected chi connectivity index (χ2v) is 6.88. The van der Waals surface area contributed by atoms with Crippen molar-refractivity contribution >= 4 is 28.9 Å². The Morgan fingerprint density at radius 2 is 1.93 bits per heavy atom. The van der Waals surface area contributed by atoms with Crippen LogP contribution < -0.4 is 16.2 Å². The van der Waals surface area contributed by atoms with Crippen molar-refractivity contribution in [2.75, 3.05) is 10.6 Å². The van der Waals surface area contributed by atoms with Crippen molar-refractivity contribution in [3.05, 3.63) is 81.9 Å². The summed E-state index contributed by atoms with van der Waals surface area (Å²) < 4.78 is 0.